The molecule has 2 heterocycles. The van der Waals surface area contributed by atoms with Gasteiger partial charge in [-0.15, -0.1) is 11.8 Å². The Kier molecular flexibility index (Phi) is 6.07. The van der Waals surface area contributed by atoms with Gasteiger partial charge in [0.15, 0.2) is 5.65 Å². The van der Waals surface area contributed by atoms with Gasteiger partial charge in [-0.3, -0.25) is 13.9 Å². The summed E-state index contributed by atoms with van der Waals surface area (Å²) >= 11 is 1.48. The highest BCUT2D eigenvalue weighted by atomic mass is 32.2. The van der Waals surface area contributed by atoms with Gasteiger partial charge < -0.3 is 0 Å². The van der Waals surface area contributed by atoms with Gasteiger partial charge in [0.1, 0.15) is 16.2 Å². The lowest BCUT2D eigenvalue weighted by Gasteiger charge is -2.18. The fraction of sp³-hybridized carbons (Fsp3) is 0.364. The molecule has 0 bridgehead atoms. The fourth-order valence-corrected chi connectivity index (χ4v) is 3.85. The van der Waals surface area contributed by atoms with E-state index in [1.807, 2.05) is 42.5 Å². The van der Waals surface area contributed by atoms with Crippen LogP contribution in [0.15, 0.2) is 51.0 Å². The average molecular weight is 411 g/mol. The second-order valence-electron chi connectivity index (χ2n) is 8.21. The van der Waals surface area contributed by atoms with E-state index in [1.54, 1.807) is 7.05 Å². The van der Waals surface area contributed by atoms with Crippen LogP contribution in [0.3, 0.4) is 0 Å². The average Bonchev–Trinajstić information content (AvgIpc) is 2.67. The standard InChI is InChI=1S/C22H26N4O2S/c1-22(2,3)14-16-23-18-17(20(27)26(5)21(28)25(18)4)19(24-16)29-13-9-12-15-10-7-6-8-11-15/h6-12H,13-14H2,1-5H3/b12-9+. The van der Waals surface area contributed by atoms with Crippen LogP contribution in [0.1, 0.15) is 32.2 Å². The molecule has 3 aromatic rings. The maximum Gasteiger partial charge on any atom is 0.332 e. The lowest BCUT2D eigenvalue weighted by Crippen LogP contribution is -2.38. The summed E-state index contributed by atoms with van der Waals surface area (Å²) < 4.78 is 2.54. The minimum Gasteiger partial charge on any atom is -0.280 e. The van der Waals surface area contributed by atoms with Crippen molar-refractivity contribution in [3.63, 3.8) is 0 Å². The Morgan fingerprint density at radius 3 is 2.38 bits per heavy atom. The van der Waals surface area contributed by atoms with Gasteiger partial charge in [-0.2, -0.15) is 0 Å². The van der Waals surface area contributed by atoms with E-state index >= 15 is 0 Å². The molecule has 0 saturated carbocycles. The molecule has 0 amide bonds. The highest BCUT2D eigenvalue weighted by molar-refractivity contribution is 7.99. The Labute approximate surface area is 174 Å². The summed E-state index contributed by atoms with van der Waals surface area (Å²) in [6, 6.07) is 10.0. The second-order valence-corrected chi connectivity index (χ2v) is 9.22. The van der Waals surface area contributed by atoms with Crippen molar-refractivity contribution >= 4 is 28.9 Å². The molecule has 0 spiro atoms. The van der Waals surface area contributed by atoms with Crippen molar-refractivity contribution in [3.05, 3.63) is 68.6 Å². The summed E-state index contributed by atoms with van der Waals surface area (Å²) in [7, 11) is 3.12. The number of hydrogen-bond acceptors (Lipinski definition) is 5. The Bertz CT molecular complexity index is 1170. The molecule has 0 N–H and O–H groups in total. The minimum atomic E-state index is -0.386. The summed E-state index contributed by atoms with van der Waals surface area (Å²) in [5.41, 5.74) is 0.749. The van der Waals surface area contributed by atoms with Crippen LogP contribution in [-0.4, -0.2) is 24.9 Å². The second kappa shape index (κ2) is 8.37. The first kappa shape index (κ1) is 21.0. The Balaban J connectivity index is 2.04. The van der Waals surface area contributed by atoms with Gasteiger partial charge in [0.2, 0.25) is 0 Å². The molecule has 29 heavy (non-hydrogen) atoms. The zero-order valence-corrected chi connectivity index (χ0v) is 18.3. The summed E-state index contributed by atoms with van der Waals surface area (Å²) in [6.07, 6.45) is 4.74. The van der Waals surface area contributed by atoms with Crippen molar-refractivity contribution < 1.29 is 0 Å². The van der Waals surface area contributed by atoms with Crippen LogP contribution >= 0.6 is 11.8 Å². The van der Waals surface area contributed by atoms with E-state index in [0.717, 1.165) is 10.1 Å². The van der Waals surface area contributed by atoms with Crippen molar-refractivity contribution in [1.82, 2.24) is 19.1 Å². The van der Waals surface area contributed by atoms with Crippen molar-refractivity contribution in [2.45, 2.75) is 32.2 Å². The summed E-state index contributed by atoms with van der Waals surface area (Å²) in [5.74, 6) is 1.30. The molecule has 0 saturated heterocycles. The zero-order chi connectivity index (χ0) is 21.2. The topological polar surface area (TPSA) is 69.8 Å². The number of hydrogen-bond donors (Lipinski definition) is 0. The van der Waals surface area contributed by atoms with Crippen LogP contribution < -0.4 is 11.2 Å². The SMILES string of the molecule is Cn1c(=O)c2c(SC/C=C/c3ccccc3)nc(CC(C)(C)C)nc2n(C)c1=O. The van der Waals surface area contributed by atoms with E-state index in [9.17, 15) is 9.59 Å². The van der Waals surface area contributed by atoms with Crippen LogP contribution in [-0.2, 0) is 20.5 Å². The predicted octanol–water partition coefficient (Wildman–Crippen LogP) is 3.42. The lowest BCUT2D eigenvalue weighted by atomic mass is 9.92. The molecule has 3 rings (SSSR count). The maximum absolute atomic E-state index is 12.8. The molecule has 6 nitrogen and oxygen atoms in total. The van der Waals surface area contributed by atoms with E-state index in [2.05, 4.69) is 25.8 Å². The fourth-order valence-electron chi connectivity index (χ4n) is 3.01. The molecule has 152 valence electrons. The molecule has 0 atom stereocenters. The summed E-state index contributed by atoms with van der Waals surface area (Å²) in [4.78, 5) is 34.4. The van der Waals surface area contributed by atoms with E-state index < -0.39 is 0 Å². The molecule has 0 aliphatic heterocycles. The normalized spacial score (nSPS) is 12.2. The Hall–Kier alpha value is -2.67. The number of fused-ring (bicyclic) bond motifs is 1. The third-order valence-corrected chi connectivity index (χ3v) is 5.36. The van der Waals surface area contributed by atoms with E-state index in [-0.39, 0.29) is 16.7 Å². The first-order chi connectivity index (χ1) is 13.7. The quantitative estimate of drug-likeness (QED) is 0.476. The van der Waals surface area contributed by atoms with Crippen LogP contribution in [0.2, 0.25) is 0 Å². The lowest BCUT2D eigenvalue weighted by molar-refractivity contribution is 0.399. The number of aryl methyl sites for hydroxylation is 1. The van der Waals surface area contributed by atoms with Gasteiger partial charge in [-0.25, -0.2) is 14.8 Å². The number of rotatable bonds is 5. The molecular formula is C22H26N4O2S. The van der Waals surface area contributed by atoms with E-state index in [0.29, 0.717) is 34.1 Å². The molecule has 0 unspecified atom stereocenters. The highest BCUT2D eigenvalue weighted by Crippen LogP contribution is 2.25. The molecular weight excluding hydrogens is 384 g/mol. The molecule has 1 aromatic carbocycles. The molecule has 0 fully saturated rings. The highest BCUT2D eigenvalue weighted by Gasteiger charge is 2.20. The monoisotopic (exact) mass is 410 g/mol. The number of aromatic nitrogens is 4. The Morgan fingerprint density at radius 2 is 1.72 bits per heavy atom. The van der Waals surface area contributed by atoms with Gasteiger partial charge in [0.25, 0.3) is 5.56 Å². The zero-order valence-electron chi connectivity index (χ0n) is 17.5. The van der Waals surface area contributed by atoms with Gasteiger partial charge >= 0.3 is 5.69 Å². The van der Waals surface area contributed by atoms with Gasteiger partial charge in [-0.05, 0) is 11.0 Å². The molecule has 0 aliphatic carbocycles. The first-order valence-electron chi connectivity index (χ1n) is 9.48. The Morgan fingerprint density at radius 1 is 1.03 bits per heavy atom. The van der Waals surface area contributed by atoms with E-state index in [1.165, 1.54) is 23.4 Å². The minimum absolute atomic E-state index is 0.0125. The number of nitrogens with zero attached hydrogens (tertiary/aromatic N) is 4. The van der Waals surface area contributed by atoms with Gasteiger partial charge in [0, 0.05) is 26.3 Å². The van der Waals surface area contributed by atoms with Crippen LogP contribution in [0, 0.1) is 5.41 Å². The van der Waals surface area contributed by atoms with Crippen LogP contribution in [0.25, 0.3) is 17.1 Å². The van der Waals surface area contributed by atoms with Gasteiger partial charge in [-0.1, -0.05) is 63.3 Å². The summed E-state index contributed by atoms with van der Waals surface area (Å²) in [5, 5.41) is 1.01. The van der Waals surface area contributed by atoms with Crippen LogP contribution in [0.5, 0.6) is 0 Å². The van der Waals surface area contributed by atoms with Crippen LogP contribution in [0.4, 0.5) is 0 Å². The summed E-state index contributed by atoms with van der Waals surface area (Å²) in [6.45, 7) is 6.33. The van der Waals surface area contributed by atoms with E-state index in [4.69, 9.17) is 4.98 Å². The third-order valence-electron chi connectivity index (χ3n) is 4.43. The molecule has 0 radical (unpaired) electrons. The maximum atomic E-state index is 12.8. The van der Waals surface area contributed by atoms with Crippen molar-refractivity contribution in [3.8, 4) is 0 Å². The predicted molar refractivity (Wildman–Crippen MR) is 119 cm³/mol. The molecule has 0 aliphatic rings. The molecule has 7 heteroatoms. The number of benzene rings is 1. The van der Waals surface area contributed by atoms with Crippen molar-refractivity contribution in [2.75, 3.05) is 5.75 Å². The largest absolute Gasteiger partial charge is 0.332 e. The van der Waals surface area contributed by atoms with Crippen molar-refractivity contribution in [1.29, 1.82) is 0 Å². The first-order valence-corrected chi connectivity index (χ1v) is 10.5. The van der Waals surface area contributed by atoms with Gasteiger partial charge in [0.05, 0.1) is 0 Å². The number of thioether (sulfide) groups is 1. The molecule has 2 aromatic heterocycles. The smallest absolute Gasteiger partial charge is 0.280 e. The third kappa shape index (κ3) is 4.85. The van der Waals surface area contributed by atoms with Crippen molar-refractivity contribution in [2.24, 2.45) is 19.5 Å².